The van der Waals surface area contributed by atoms with Crippen LogP contribution in [0.15, 0.2) is 67.0 Å². The summed E-state index contributed by atoms with van der Waals surface area (Å²) in [7, 11) is 0. The maximum atomic E-state index is 4.43. The van der Waals surface area contributed by atoms with Gasteiger partial charge in [0, 0.05) is 24.0 Å². The van der Waals surface area contributed by atoms with Crippen LogP contribution in [-0.2, 0) is 0 Å². The summed E-state index contributed by atoms with van der Waals surface area (Å²) in [5.41, 5.74) is 3.36. The first-order chi connectivity index (χ1) is 11.3. The minimum absolute atomic E-state index is 0.790. The molecule has 2 aromatic carbocycles. The van der Waals surface area contributed by atoms with Crippen LogP contribution in [-0.4, -0.2) is 16.5 Å². The molecule has 1 heterocycles. The molecule has 0 fully saturated rings. The van der Waals surface area contributed by atoms with Crippen molar-refractivity contribution in [2.75, 3.05) is 16.8 Å². The minimum Gasteiger partial charge on any atom is -0.340 e. The van der Waals surface area contributed by atoms with E-state index in [1.54, 1.807) is 6.33 Å². The van der Waals surface area contributed by atoms with Crippen LogP contribution in [0.3, 0.4) is 0 Å². The molecule has 0 amide bonds. The molecular weight excluding hydrogens is 284 g/mol. The van der Waals surface area contributed by atoms with E-state index in [1.165, 1.54) is 5.56 Å². The van der Waals surface area contributed by atoms with E-state index in [0.29, 0.717) is 0 Å². The van der Waals surface area contributed by atoms with Gasteiger partial charge in [0.25, 0.3) is 0 Å². The molecule has 0 bridgehead atoms. The molecule has 1 aromatic heterocycles. The van der Waals surface area contributed by atoms with Crippen LogP contribution >= 0.6 is 0 Å². The van der Waals surface area contributed by atoms with E-state index in [4.69, 9.17) is 0 Å². The second kappa shape index (κ2) is 6.92. The zero-order chi connectivity index (χ0) is 16.1. The van der Waals surface area contributed by atoms with Crippen molar-refractivity contribution in [3.05, 3.63) is 72.6 Å². The standard InChI is InChI=1S/C19H20N4/c1-3-23(16-10-5-4-6-11-16)19-13-18(20-14-21-19)22-17-12-8-7-9-15(17)2/h4-14H,3H2,1-2H3,(H,20,21,22). The first-order valence-electron chi connectivity index (χ1n) is 7.75. The molecule has 0 atom stereocenters. The number of aromatic nitrogens is 2. The van der Waals surface area contributed by atoms with Crippen molar-refractivity contribution in [3.8, 4) is 0 Å². The fourth-order valence-corrected chi connectivity index (χ4v) is 2.50. The molecule has 4 heteroatoms. The summed E-state index contributed by atoms with van der Waals surface area (Å²) in [6.45, 7) is 5.03. The fourth-order valence-electron chi connectivity index (χ4n) is 2.50. The van der Waals surface area contributed by atoms with Crippen molar-refractivity contribution in [1.82, 2.24) is 9.97 Å². The van der Waals surface area contributed by atoms with Gasteiger partial charge in [0.15, 0.2) is 0 Å². The van der Waals surface area contributed by atoms with Crippen molar-refractivity contribution in [1.29, 1.82) is 0 Å². The molecule has 0 unspecified atom stereocenters. The molecule has 3 aromatic rings. The first kappa shape index (κ1) is 15.0. The van der Waals surface area contributed by atoms with Gasteiger partial charge in [0.1, 0.15) is 18.0 Å². The van der Waals surface area contributed by atoms with Crippen molar-refractivity contribution >= 4 is 23.0 Å². The fraction of sp³-hybridized carbons (Fsp3) is 0.158. The third kappa shape index (κ3) is 3.48. The Bertz CT molecular complexity index is 771. The summed E-state index contributed by atoms with van der Waals surface area (Å²) in [4.78, 5) is 10.9. The lowest BCUT2D eigenvalue weighted by molar-refractivity contribution is 0.977. The molecular formula is C19H20N4. The van der Waals surface area contributed by atoms with Gasteiger partial charge in [-0.25, -0.2) is 9.97 Å². The van der Waals surface area contributed by atoms with Crippen molar-refractivity contribution < 1.29 is 0 Å². The Morgan fingerprint density at radius 1 is 0.957 bits per heavy atom. The highest BCUT2D eigenvalue weighted by molar-refractivity contribution is 5.66. The predicted molar refractivity (Wildman–Crippen MR) is 95.6 cm³/mol. The number of hydrogen-bond donors (Lipinski definition) is 1. The van der Waals surface area contributed by atoms with Crippen LogP contribution in [0, 0.1) is 6.92 Å². The second-order valence-electron chi connectivity index (χ2n) is 5.28. The average molecular weight is 304 g/mol. The molecule has 0 spiro atoms. The summed E-state index contributed by atoms with van der Waals surface area (Å²) >= 11 is 0. The van der Waals surface area contributed by atoms with Gasteiger partial charge < -0.3 is 10.2 Å². The maximum Gasteiger partial charge on any atom is 0.138 e. The van der Waals surface area contributed by atoms with Gasteiger partial charge in [-0.1, -0.05) is 36.4 Å². The second-order valence-corrected chi connectivity index (χ2v) is 5.28. The molecule has 4 nitrogen and oxygen atoms in total. The summed E-state index contributed by atoms with van der Waals surface area (Å²) in [6, 6.07) is 20.4. The Labute approximate surface area is 136 Å². The van der Waals surface area contributed by atoms with Gasteiger partial charge in [-0.3, -0.25) is 0 Å². The third-order valence-corrected chi connectivity index (χ3v) is 3.72. The average Bonchev–Trinajstić information content (AvgIpc) is 2.59. The van der Waals surface area contributed by atoms with Crippen LogP contribution in [0.25, 0.3) is 0 Å². The molecule has 23 heavy (non-hydrogen) atoms. The first-order valence-corrected chi connectivity index (χ1v) is 7.75. The van der Waals surface area contributed by atoms with Gasteiger partial charge in [-0.15, -0.1) is 0 Å². The van der Waals surface area contributed by atoms with Crippen molar-refractivity contribution in [2.24, 2.45) is 0 Å². The molecule has 0 radical (unpaired) electrons. The number of rotatable bonds is 5. The van der Waals surface area contributed by atoms with Crippen LogP contribution in [0.4, 0.5) is 23.0 Å². The molecule has 3 rings (SSSR count). The Hall–Kier alpha value is -2.88. The summed E-state index contributed by atoms with van der Waals surface area (Å²) in [5, 5.41) is 3.37. The lowest BCUT2D eigenvalue weighted by Crippen LogP contribution is -2.17. The lowest BCUT2D eigenvalue weighted by Gasteiger charge is -2.22. The van der Waals surface area contributed by atoms with Crippen LogP contribution in [0.1, 0.15) is 12.5 Å². The largest absolute Gasteiger partial charge is 0.340 e. The molecule has 0 aliphatic carbocycles. The quantitative estimate of drug-likeness (QED) is 0.742. The van der Waals surface area contributed by atoms with Gasteiger partial charge in [0.05, 0.1) is 0 Å². The highest BCUT2D eigenvalue weighted by Gasteiger charge is 2.09. The Balaban J connectivity index is 1.89. The van der Waals surface area contributed by atoms with Crippen LogP contribution in [0.2, 0.25) is 0 Å². The highest BCUT2D eigenvalue weighted by Crippen LogP contribution is 2.25. The summed E-state index contributed by atoms with van der Waals surface area (Å²) in [6.07, 6.45) is 1.60. The topological polar surface area (TPSA) is 41.0 Å². The van der Waals surface area contributed by atoms with Gasteiger partial charge >= 0.3 is 0 Å². The molecule has 1 N–H and O–H groups in total. The molecule has 0 aliphatic rings. The van der Waals surface area contributed by atoms with Gasteiger partial charge in [-0.05, 0) is 37.6 Å². The van der Waals surface area contributed by atoms with E-state index < -0.39 is 0 Å². The van der Waals surface area contributed by atoms with Gasteiger partial charge in [0.2, 0.25) is 0 Å². The van der Waals surface area contributed by atoms with E-state index in [0.717, 1.165) is 29.6 Å². The van der Waals surface area contributed by atoms with Crippen molar-refractivity contribution in [3.63, 3.8) is 0 Å². The molecule has 0 aliphatic heterocycles. The number of anilines is 4. The van der Waals surface area contributed by atoms with E-state index in [9.17, 15) is 0 Å². The molecule has 0 saturated carbocycles. The number of nitrogens with one attached hydrogen (secondary N) is 1. The normalized spacial score (nSPS) is 10.3. The number of nitrogens with zero attached hydrogens (tertiary/aromatic N) is 3. The maximum absolute atomic E-state index is 4.43. The number of aryl methyl sites for hydroxylation is 1. The van der Waals surface area contributed by atoms with Crippen LogP contribution < -0.4 is 10.2 Å². The third-order valence-electron chi connectivity index (χ3n) is 3.72. The minimum atomic E-state index is 0.790. The monoisotopic (exact) mass is 304 g/mol. The van der Waals surface area contributed by atoms with Crippen molar-refractivity contribution in [2.45, 2.75) is 13.8 Å². The summed E-state index contributed by atoms with van der Waals surface area (Å²) < 4.78 is 0. The Morgan fingerprint density at radius 2 is 1.70 bits per heavy atom. The summed E-state index contributed by atoms with van der Waals surface area (Å²) in [5.74, 6) is 1.67. The van der Waals surface area contributed by atoms with Crippen LogP contribution in [0.5, 0.6) is 0 Å². The van der Waals surface area contributed by atoms with Gasteiger partial charge in [-0.2, -0.15) is 0 Å². The number of benzene rings is 2. The molecule has 0 saturated heterocycles. The van der Waals surface area contributed by atoms with E-state index in [2.05, 4.69) is 52.2 Å². The van der Waals surface area contributed by atoms with E-state index >= 15 is 0 Å². The van der Waals surface area contributed by atoms with E-state index in [1.807, 2.05) is 42.5 Å². The smallest absolute Gasteiger partial charge is 0.138 e. The number of para-hydroxylation sites is 2. The zero-order valence-corrected chi connectivity index (χ0v) is 13.4. The lowest BCUT2D eigenvalue weighted by atomic mass is 10.2. The zero-order valence-electron chi connectivity index (χ0n) is 13.4. The Kier molecular flexibility index (Phi) is 4.52. The number of hydrogen-bond acceptors (Lipinski definition) is 4. The molecule has 116 valence electrons. The highest BCUT2D eigenvalue weighted by atomic mass is 15.2. The Morgan fingerprint density at radius 3 is 2.43 bits per heavy atom. The van der Waals surface area contributed by atoms with E-state index in [-0.39, 0.29) is 0 Å². The SMILES string of the molecule is CCN(c1ccccc1)c1cc(Nc2ccccc2C)ncn1. The predicted octanol–water partition coefficient (Wildman–Crippen LogP) is 4.69.